The SMILES string of the molecule is CCCCCCCCCCC(=O)S(=O)(=O)O.N.N.O=S(=O)(O)C(F)(F)C(F)CCCCCCCC(F)(F)F. The lowest BCUT2D eigenvalue weighted by Crippen LogP contribution is -2.38. The van der Waals surface area contributed by atoms with Crippen molar-refractivity contribution in [3.05, 3.63) is 0 Å². The second-order valence-corrected chi connectivity index (χ2v) is 11.4. The molecule has 0 fully saturated rings. The summed E-state index contributed by atoms with van der Waals surface area (Å²) >= 11 is 0. The summed E-state index contributed by atoms with van der Waals surface area (Å²) in [6.45, 7) is 2.17. The quantitative estimate of drug-likeness (QED) is 0.0692. The van der Waals surface area contributed by atoms with E-state index < -0.39 is 55.8 Å². The number of hydrogen-bond acceptors (Lipinski definition) is 7. The van der Waals surface area contributed by atoms with Crippen molar-refractivity contribution in [3.8, 4) is 0 Å². The lowest BCUT2D eigenvalue weighted by atomic mass is 10.1. The van der Waals surface area contributed by atoms with E-state index in [1.54, 1.807) is 0 Å². The van der Waals surface area contributed by atoms with E-state index in [4.69, 9.17) is 9.11 Å². The molecule has 1 unspecified atom stereocenters. The van der Waals surface area contributed by atoms with Gasteiger partial charge in [0.1, 0.15) is 0 Å². The van der Waals surface area contributed by atoms with Crippen molar-refractivity contribution in [1.82, 2.24) is 12.3 Å². The van der Waals surface area contributed by atoms with Crippen LogP contribution in [-0.2, 0) is 25.0 Å². The second kappa shape index (κ2) is 21.8. The van der Waals surface area contributed by atoms with Gasteiger partial charge in [-0.05, 0) is 19.3 Å². The minimum absolute atomic E-state index is 0. The lowest BCUT2D eigenvalue weighted by molar-refractivity contribution is -0.135. The molecule has 8 N–H and O–H groups in total. The van der Waals surface area contributed by atoms with Gasteiger partial charge in [-0.2, -0.15) is 38.8 Å². The van der Waals surface area contributed by atoms with Gasteiger partial charge in [-0.25, -0.2) is 4.39 Å². The fourth-order valence-electron chi connectivity index (χ4n) is 3.04. The van der Waals surface area contributed by atoms with E-state index in [9.17, 15) is 48.0 Å². The third-order valence-corrected chi connectivity index (χ3v) is 6.87. The lowest BCUT2D eigenvalue weighted by Gasteiger charge is -2.17. The minimum atomic E-state index is -5.80. The fourth-order valence-corrected chi connectivity index (χ4v) is 3.88. The third-order valence-electron chi connectivity index (χ3n) is 5.15. The molecule has 9 nitrogen and oxygen atoms in total. The maximum atomic E-state index is 13.0. The summed E-state index contributed by atoms with van der Waals surface area (Å²) in [6.07, 6.45) is 0.0222. The monoisotopic (exact) mass is 614 g/mol. The maximum absolute atomic E-state index is 13.0. The summed E-state index contributed by atoms with van der Waals surface area (Å²) in [5.74, 6) is 0. The Morgan fingerprint density at radius 1 is 0.711 bits per heavy atom. The van der Waals surface area contributed by atoms with Gasteiger partial charge in [0, 0.05) is 12.8 Å². The zero-order chi connectivity index (χ0) is 28.5. The highest BCUT2D eigenvalue weighted by Gasteiger charge is 2.52. The van der Waals surface area contributed by atoms with Crippen LogP contribution in [0.15, 0.2) is 0 Å². The predicted octanol–water partition coefficient (Wildman–Crippen LogP) is 7.35. The number of carbonyl (C=O) groups excluding carboxylic acids is 1. The molecule has 38 heavy (non-hydrogen) atoms. The van der Waals surface area contributed by atoms with Gasteiger partial charge in [-0.3, -0.25) is 13.9 Å². The zero-order valence-corrected chi connectivity index (χ0v) is 23.5. The molecule has 0 aromatic rings. The molecular formula is C21H44F6N2O7S2. The van der Waals surface area contributed by atoms with E-state index in [0.717, 1.165) is 19.3 Å². The minimum Gasteiger partial charge on any atom is -0.344 e. The fraction of sp³-hybridized carbons (Fsp3) is 0.952. The zero-order valence-electron chi connectivity index (χ0n) is 21.8. The van der Waals surface area contributed by atoms with Gasteiger partial charge in [0.15, 0.2) is 6.17 Å². The van der Waals surface area contributed by atoms with Crippen molar-refractivity contribution in [3.63, 3.8) is 0 Å². The van der Waals surface area contributed by atoms with Crippen LogP contribution in [0.4, 0.5) is 26.3 Å². The number of halogens is 6. The van der Waals surface area contributed by atoms with Crippen LogP contribution in [0.3, 0.4) is 0 Å². The Balaban J connectivity index is -0.000000295. The second-order valence-electron chi connectivity index (χ2n) is 8.50. The number of hydrogen-bond donors (Lipinski definition) is 4. The summed E-state index contributed by atoms with van der Waals surface area (Å²) in [5, 5.41) is -5.91. The van der Waals surface area contributed by atoms with Crippen molar-refractivity contribution in [2.75, 3.05) is 0 Å². The first-order valence-corrected chi connectivity index (χ1v) is 14.8. The van der Waals surface area contributed by atoms with E-state index in [1.165, 1.54) is 25.7 Å². The first kappa shape index (κ1) is 44.0. The van der Waals surface area contributed by atoms with Crippen LogP contribution in [0, 0.1) is 0 Å². The third kappa shape index (κ3) is 24.1. The van der Waals surface area contributed by atoms with Crippen LogP contribution < -0.4 is 12.3 Å². The normalized spacial score (nSPS) is 13.0. The number of rotatable bonds is 18. The van der Waals surface area contributed by atoms with Crippen LogP contribution in [-0.4, -0.2) is 48.7 Å². The Labute approximate surface area is 222 Å². The molecule has 0 radical (unpaired) electrons. The molecule has 0 saturated heterocycles. The maximum Gasteiger partial charge on any atom is 0.400 e. The Bertz CT molecular complexity index is 811. The first-order valence-electron chi connectivity index (χ1n) is 11.9. The Kier molecular flexibility index (Phi) is 25.2. The van der Waals surface area contributed by atoms with E-state index in [-0.39, 0.29) is 44.4 Å². The topological polar surface area (TPSA) is 196 Å². The van der Waals surface area contributed by atoms with Gasteiger partial charge in [0.25, 0.3) is 5.12 Å². The molecular weight excluding hydrogens is 570 g/mol. The van der Waals surface area contributed by atoms with E-state index in [2.05, 4.69) is 6.92 Å². The molecule has 0 spiro atoms. The number of alkyl halides is 6. The summed E-state index contributed by atoms with van der Waals surface area (Å²) < 4.78 is 132. The van der Waals surface area contributed by atoms with Crippen LogP contribution in [0.1, 0.15) is 110 Å². The Morgan fingerprint density at radius 3 is 1.50 bits per heavy atom. The van der Waals surface area contributed by atoms with Crippen molar-refractivity contribution < 1.29 is 57.1 Å². The Morgan fingerprint density at radius 2 is 1.11 bits per heavy atom. The largest absolute Gasteiger partial charge is 0.400 e. The van der Waals surface area contributed by atoms with Crippen LogP contribution in [0.25, 0.3) is 0 Å². The molecule has 1 atom stereocenters. The standard InChI is InChI=1S/C11H22O4S.C10H16F6O3S.2H3N/c1-2-3-4-5-6-7-8-9-10-11(12)16(13,14)15;11-8(10(15,16)20(17,18)19)6-4-2-1-3-5-7-9(12,13)14;;/h2-10H2,1H3,(H,13,14,15);8H,1-7H2,(H,17,18,19);2*1H3. The van der Waals surface area contributed by atoms with Gasteiger partial charge in [0.05, 0.1) is 0 Å². The molecule has 0 aliphatic rings. The molecule has 0 aliphatic carbocycles. The highest BCUT2D eigenvalue weighted by Crippen LogP contribution is 2.31. The predicted molar refractivity (Wildman–Crippen MR) is 134 cm³/mol. The molecule has 0 rings (SSSR count). The molecule has 0 amide bonds. The Hall–Kier alpha value is -1.01. The average molecular weight is 615 g/mol. The molecule has 0 aromatic heterocycles. The molecule has 234 valence electrons. The molecule has 17 heteroatoms. The van der Waals surface area contributed by atoms with E-state index in [1.807, 2.05) is 0 Å². The van der Waals surface area contributed by atoms with Crippen molar-refractivity contribution in [2.45, 2.75) is 127 Å². The van der Waals surface area contributed by atoms with Crippen molar-refractivity contribution in [2.24, 2.45) is 0 Å². The van der Waals surface area contributed by atoms with E-state index >= 15 is 0 Å². The van der Waals surface area contributed by atoms with Gasteiger partial charge in [0.2, 0.25) is 0 Å². The molecule has 0 heterocycles. The first-order chi connectivity index (χ1) is 16.4. The molecule has 0 saturated carbocycles. The van der Waals surface area contributed by atoms with Gasteiger partial charge in [-0.1, -0.05) is 77.6 Å². The molecule has 0 aliphatic heterocycles. The van der Waals surface area contributed by atoms with Crippen LogP contribution >= 0.6 is 0 Å². The number of carbonyl (C=O) groups is 1. The summed E-state index contributed by atoms with van der Waals surface area (Å²) in [4.78, 5) is 10.8. The average Bonchev–Trinajstić information content (AvgIpc) is 2.72. The van der Waals surface area contributed by atoms with Crippen LogP contribution in [0.5, 0.6) is 0 Å². The molecule has 0 aromatic carbocycles. The van der Waals surface area contributed by atoms with Crippen molar-refractivity contribution >= 4 is 25.4 Å². The van der Waals surface area contributed by atoms with E-state index in [0.29, 0.717) is 12.8 Å². The van der Waals surface area contributed by atoms with Gasteiger partial charge in [-0.15, -0.1) is 0 Å². The van der Waals surface area contributed by atoms with Gasteiger partial charge >= 0.3 is 31.7 Å². The van der Waals surface area contributed by atoms with Crippen LogP contribution in [0.2, 0.25) is 0 Å². The highest BCUT2D eigenvalue weighted by atomic mass is 32.2. The molecule has 0 bridgehead atoms. The highest BCUT2D eigenvalue weighted by molar-refractivity contribution is 8.01. The van der Waals surface area contributed by atoms with Crippen molar-refractivity contribution in [1.29, 1.82) is 0 Å². The van der Waals surface area contributed by atoms with Gasteiger partial charge < -0.3 is 12.3 Å². The summed E-state index contributed by atoms with van der Waals surface area (Å²) in [7, 11) is -10.2. The summed E-state index contributed by atoms with van der Waals surface area (Å²) in [5.41, 5.74) is 0. The number of unbranched alkanes of at least 4 members (excludes halogenated alkanes) is 11. The smallest absolute Gasteiger partial charge is 0.344 e. The summed E-state index contributed by atoms with van der Waals surface area (Å²) in [6, 6.07) is 0.